The quantitative estimate of drug-likeness (QED) is 0.124. The van der Waals surface area contributed by atoms with Crippen molar-refractivity contribution in [1.29, 1.82) is 0 Å². The first-order valence-corrected chi connectivity index (χ1v) is 18.4. The number of methoxy groups -OCH3 is 2. The number of aromatic nitrogens is 4. The van der Waals surface area contributed by atoms with Crippen LogP contribution in [0.2, 0.25) is 0 Å². The zero-order valence-corrected chi connectivity index (χ0v) is 32.4. The number of rotatable bonds is 12. The summed E-state index contributed by atoms with van der Waals surface area (Å²) in [4.78, 5) is 57.1. The number of benzene rings is 2. The Morgan fingerprint density at radius 3 is 1.94 bits per heavy atom. The number of alkyl carbamates (subject to hydrolysis) is 2. The van der Waals surface area contributed by atoms with Gasteiger partial charge in [-0.25, -0.2) is 19.6 Å². The molecule has 0 spiro atoms. The number of hydrogen-bond acceptors (Lipinski definition) is 8. The predicted molar refractivity (Wildman–Crippen MR) is 207 cm³/mol. The van der Waals surface area contributed by atoms with Crippen molar-refractivity contribution < 1.29 is 23.9 Å². The van der Waals surface area contributed by atoms with Gasteiger partial charge >= 0.3 is 12.2 Å². The van der Waals surface area contributed by atoms with Crippen molar-refractivity contribution in [2.45, 2.75) is 71.6 Å². The molecule has 4 unspecified atom stereocenters. The van der Waals surface area contributed by atoms with E-state index in [4.69, 9.17) is 14.5 Å². The van der Waals surface area contributed by atoms with Gasteiger partial charge in [0.25, 0.3) is 0 Å². The molecule has 286 valence electrons. The standard InChI is InChI=1S/C41H52N8O5/c1-25(2)34(46-40(51)53-7)24-49-21-9-10-35(49)38-43-23-33(45-38)31-19-15-29(16-20-31)12-11-28-13-17-30(18-14-28)32-22-42-37(44-32)27(5)48(6)39(50)36(26(3)4)47-41(52)54-8/h13-20,22-23,25-27,34-36H,9-10,21,24H2,1-8H3,(H,42,44)(H,43,45)(H,46,51)(H,47,52). The molecule has 54 heavy (non-hydrogen) atoms. The average Bonchev–Trinajstić information content (AvgIpc) is 3.97. The van der Waals surface area contributed by atoms with E-state index >= 15 is 0 Å². The summed E-state index contributed by atoms with van der Waals surface area (Å²) >= 11 is 0. The van der Waals surface area contributed by atoms with Gasteiger partial charge in [-0.05, 0) is 73.5 Å². The fraction of sp³-hybridized carbons (Fsp3) is 0.439. The molecule has 13 heteroatoms. The second kappa shape index (κ2) is 17.9. The van der Waals surface area contributed by atoms with Crippen LogP contribution in [0.5, 0.6) is 0 Å². The van der Waals surface area contributed by atoms with Gasteiger partial charge in [0, 0.05) is 30.8 Å². The van der Waals surface area contributed by atoms with Crippen LogP contribution in [0.15, 0.2) is 60.9 Å². The summed E-state index contributed by atoms with van der Waals surface area (Å²) in [5, 5.41) is 5.61. The molecule has 3 amide bonds. The van der Waals surface area contributed by atoms with Crippen molar-refractivity contribution in [2.24, 2.45) is 11.8 Å². The van der Waals surface area contributed by atoms with Crippen LogP contribution in [0.3, 0.4) is 0 Å². The molecule has 1 aliphatic rings. The third-order valence-electron chi connectivity index (χ3n) is 10.1. The van der Waals surface area contributed by atoms with Crippen molar-refractivity contribution in [2.75, 3.05) is 34.4 Å². The lowest BCUT2D eigenvalue weighted by atomic mass is 10.0. The van der Waals surface area contributed by atoms with Crippen LogP contribution in [0.4, 0.5) is 9.59 Å². The topological polar surface area (TPSA) is 158 Å². The zero-order chi connectivity index (χ0) is 38.9. The number of likely N-dealkylation sites (N-methyl/N-ethyl adjacent to an activating group) is 1. The van der Waals surface area contributed by atoms with Gasteiger partial charge in [-0.1, -0.05) is 63.8 Å². The average molecular weight is 737 g/mol. The Morgan fingerprint density at radius 2 is 1.39 bits per heavy atom. The fourth-order valence-corrected chi connectivity index (χ4v) is 6.49. The summed E-state index contributed by atoms with van der Waals surface area (Å²) in [6.45, 7) is 11.5. The highest BCUT2D eigenvalue weighted by atomic mass is 16.5. The first-order valence-electron chi connectivity index (χ1n) is 18.4. The Balaban J connectivity index is 1.19. The molecule has 13 nitrogen and oxygen atoms in total. The van der Waals surface area contributed by atoms with Crippen molar-refractivity contribution in [3.63, 3.8) is 0 Å². The highest BCUT2D eigenvalue weighted by Crippen LogP contribution is 2.32. The van der Waals surface area contributed by atoms with Gasteiger partial charge in [0.1, 0.15) is 17.7 Å². The number of nitrogens with zero attached hydrogens (tertiary/aromatic N) is 4. The Bertz CT molecular complexity index is 1940. The fourth-order valence-electron chi connectivity index (χ4n) is 6.49. The smallest absolute Gasteiger partial charge is 0.407 e. The molecule has 4 aromatic rings. The van der Waals surface area contributed by atoms with E-state index in [9.17, 15) is 14.4 Å². The molecule has 4 N–H and O–H groups in total. The molecule has 2 aromatic heterocycles. The largest absolute Gasteiger partial charge is 0.453 e. The van der Waals surface area contributed by atoms with Gasteiger partial charge in [-0.3, -0.25) is 9.69 Å². The summed E-state index contributed by atoms with van der Waals surface area (Å²) in [7, 11) is 4.36. The van der Waals surface area contributed by atoms with Crippen molar-refractivity contribution in [3.05, 3.63) is 83.7 Å². The van der Waals surface area contributed by atoms with Crippen molar-refractivity contribution >= 4 is 18.1 Å². The molecule has 0 aliphatic carbocycles. The van der Waals surface area contributed by atoms with E-state index in [1.165, 1.54) is 14.2 Å². The summed E-state index contributed by atoms with van der Waals surface area (Å²) < 4.78 is 9.54. The van der Waals surface area contributed by atoms with Gasteiger partial charge in [-0.15, -0.1) is 0 Å². The van der Waals surface area contributed by atoms with E-state index in [0.29, 0.717) is 5.82 Å². The van der Waals surface area contributed by atoms with Crippen molar-refractivity contribution in [3.8, 4) is 34.4 Å². The summed E-state index contributed by atoms with van der Waals surface area (Å²) in [5.41, 5.74) is 5.51. The Morgan fingerprint density at radius 1 is 0.833 bits per heavy atom. The third kappa shape index (κ3) is 9.68. The molecule has 4 atom stereocenters. The summed E-state index contributed by atoms with van der Waals surface area (Å²) in [5.74, 6) is 7.98. The Labute approximate surface area is 317 Å². The molecule has 3 heterocycles. The molecule has 0 saturated carbocycles. The number of carbonyl (C=O) groups excluding carboxylic acids is 3. The Kier molecular flexibility index (Phi) is 13.2. The van der Waals surface area contributed by atoms with E-state index in [1.54, 1.807) is 18.1 Å². The van der Waals surface area contributed by atoms with Gasteiger partial charge in [0.2, 0.25) is 5.91 Å². The maximum absolute atomic E-state index is 13.2. The van der Waals surface area contributed by atoms with E-state index in [-0.39, 0.29) is 35.9 Å². The van der Waals surface area contributed by atoms with E-state index in [0.717, 1.165) is 65.4 Å². The number of aromatic amines is 2. The number of imidazole rings is 2. The first-order chi connectivity index (χ1) is 25.9. The van der Waals surface area contributed by atoms with Crippen LogP contribution in [-0.4, -0.2) is 94.3 Å². The number of likely N-dealkylation sites (tertiary alicyclic amines) is 1. The normalized spacial score (nSPS) is 15.9. The second-order valence-electron chi connectivity index (χ2n) is 14.4. The molecule has 0 radical (unpaired) electrons. The lowest BCUT2D eigenvalue weighted by Gasteiger charge is -2.30. The highest BCUT2D eigenvalue weighted by Gasteiger charge is 2.32. The third-order valence-corrected chi connectivity index (χ3v) is 10.1. The Hall–Kier alpha value is -5.61. The van der Waals surface area contributed by atoms with Crippen LogP contribution >= 0.6 is 0 Å². The minimum atomic E-state index is -0.724. The molecular weight excluding hydrogens is 685 g/mol. The van der Waals surface area contributed by atoms with Gasteiger partial charge in [0.15, 0.2) is 0 Å². The minimum absolute atomic E-state index is 0.0200. The molecule has 2 aromatic carbocycles. The van der Waals surface area contributed by atoms with Gasteiger partial charge in [-0.2, -0.15) is 0 Å². The van der Waals surface area contributed by atoms with Crippen LogP contribution < -0.4 is 10.6 Å². The second-order valence-corrected chi connectivity index (χ2v) is 14.4. The monoisotopic (exact) mass is 736 g/mol. The number of ether oxygens (including phenoxy) is 2. The number of nitrogens with one attached hydrogen (secondary N) is 4. The van der Waals surface area contributed by atoms with E-state index < -0.39 is 18.2 Å². The SMILES string of the molecule is COC(=O)NC(CN1CCCC1c1ncc(-c2ccc(C#Cc3ccc(-c4cnc(C(C)N(C)C(=O)C(NC(=O)OC)C(C)C)[nH]4)cc3)cc2)[nH]1)C(C)C. The number of hydrogen-bond donors (Lipinski definition) is 4. The lowest BCUT2D eigenvalue weighted by Crippen LogP contribution is -2.50. The van der Waals surface area contributed by atoms with Gasteiger partial charge < -0.3 is 35.0 Å². The number of H-pyrrole nitrogens is 2. The number of amides is 3. The highest BCUT2D eigenvalue weighted by molar-refractivity contribution is 5.86. The van der Waals surface area contributed by atoms with Crippen LogP contribution in [0.1, 0.15) is 82.3 Å². The molecule has 1 aliphatic heterocycles. The minimum Gasteiger partial charge on any atom is -0.453 e. The molecule has 5 rings (SSSR count). The van der Waals surface area contributed by atoms with E-state index in [1.807, 2.05) is 75.5 Å². The first kappa shape index (κ1) is 39.6. The summed E-state index contributed by atoms with van der Waals surface area (Å²) in [6.07, 6.45) is 4.66. The lowest BCUT2D eigenvalue weighted by molar-refractivity contribution is -0.135. The van der Waals surface area contributed by atoms with Gasteiger partial charge in [0.05, 0.1) is 50.1 Å². The van der Waals surface area contributed by atoms with Crippen molar-refractivity contribution in [1.82, 2.24) is 40.4 Å². The van der Waals surface area contributed by atoms with Crippen LogP contribution in [0.25, 0.3) is 22.5 Å². The number of carbonyl (C=O) groups is 3. The molecule has 1 saturated heterocycles. The van der Waals surface area contributed by atoms with Crippen LogP contribution in [0, 0.1) is 23.7 Å². The maximum atomic E-state index is 13.2. The molecule has 0 bridgehead atoms. The van der Waals surface area contributed by atoms with E-state index in [2.05, 4.69) is 56.2 Å². The molecular formula is C41H52N8O5. The maximum Gasteiger partial charge on any atom is 0.407 e. The predicted octanol–water partition coefficient (Wildman–Crippen LogP) is 6.28. The molecule has 1 fully saturated rings. The van der Waals surface area contributed by atoms with Crippen LogP contribution in [-0.2, 0) is 14.3 Å². The zero-order valence-electron chi connectivity index (χ0n) is 32.4. The summed E-state index contributed by atoms with van der Waals surface area (Å²) in [6, 6.07) is 15.1.